The van der Waals surface area contributed by atoms with Gasteiger partial charge in [-0.05, 0) is 37.5 Å². The Morgan fingerprint density at radius 3 is 2.52 bits per heavy atom. The summed E-state index contributed by atoms with van der Waals surface area (Å²) in [6, 6.07) is 7.55. The van der Waals surface area contributed by atoms with Crippen molar-refractivity contribution in [3.8, 4) is 5.75 Å². The fourth-order valence-corrected chi connectivity index (χ4v) is 4.54. The van der Waals surface area contributed by atoms with Crippen molar-refractivity contribution in [1.29, 1.82) is 0 Å². The summed E-state index contributed by atoms with van der Waals surface area (Å²) in [6.07, 6.45) is 1.54. The minimum Gasteiger partial charge on any atom is -0.484 e. The van der Waals surface area contributed by atoms with Crippen LogP contribution in [0.5, 0.6) is 5.75 Å². The zero-order valence-electron chi connectivity index (χ0n) is 13.3. The van der Waals surface area contributed by atoms with Gasteiger partial charge in [-0.2, -0.15) is 4.31 Å². The average molecular weight is 338 g/mol. The Morgan fingerprint density at radius 2 is 1.91 bits per heavy atom. The highest BCUT2D eigenvalue weighted by Gasteiger charge is 2.41. The number of ether oxygens (including phenoxy) is 1. The van der Waals surface area contributed by atoms with Crippen LogP contribution in [-0.2, 0) is 14.8 Å². The summed E-state index contributed by atoms with van der Waals surface area (Å²) in [5.74, 6) is 0.572. The summed E-state index contributed by atoms with van der Waals surface area (Å²) in [7, 11) is -3.13. The lowest BCUT2D eigenvalue weighted by molar-refractivity contribution is -0.134. The molecule has 126 valence electrons. The molecule has 0 aromatic heterocycles. The zero-order chi connectivity index (χ0) is 16.4. The number of carbonyl (C=O) groups excluding carboxylic acids is 1. The highest BCUT2D eigenvalue weighted by Crippen LogP contribution is 2.31. The fourth-order valence-electron chi connectivity index (χ4n) is 2.71. The van der Waals surface area contributed by atoms with Crippen LogP contribution in [0.15, 0.2) is 24.3 Å². The van der Waals surface area contributed by atoms with Crippen molar-refractivity contribution in [1.82, 2.24) is 9.21 Å². The minimum absolute atomic E-state index is 0.0151. The maximum atomic E-state index is 12.2. The number of sulfonamides is 1. The Labute approximate surface area is 137 Å². The van der Waals surface area contributed by atoms with Gasteiger partial charge < -0.3 is 9.64 Å². The van der Waals surface area contributed by atoms with Gasteiger partial charge in [-0.3, -0.25) is 4.79 Å². The maximum Gasteiger partial charge on any atom is 0.260 e. The van der Waals surface area contributed by atoms with Crippen LogP contribution in [-0.4, -0.2) is 61.6 Å². The number of piperazine rings is 1. The van der Waals surface area contributed by atoms with E-state index in [4.69, 9.17) is 4.74 Å². The first kappa shape index (κ1) is 16.3. The van der Waals surface area contributed by atoms with Crippen molar-refractivity contribution in [2.45, 2.75) is 25.0 Å². The summed E-state index contributed by atoms with van der Waals surface area (Å²) in [5, 5.41) is -0.186. The lowest BCUT2D eigenvalue weighted by Gasteiger charge is -2.34. The maximum absolute atomic E-state index is 12.2. The Kier molecular flexibility index (Phi) is 4.59. The van der Waals surface area contributed by atoms with Gasteiger partial charge in [-0.25, -0.2) is 8.42 Å². The van der Waals surface area contributed by atoms with Gasteiger partial charge in [0.2, 0.25) is 10.0 Å². The zero-order valence-corrected chi connectivity index (χ0v) is 14.1. The Morgan fingerprint density at radius 1 is 1.22 bits per heavy atom. The van der Waals surface area contributed by atoms with Crippen LogP contribution in [0.25, 0.3) is 0 Å². The van der Waals surface area contributed by atoms with Crippen LogP contribution < -0.4 is 4.74 Å². The smallest absolute Gasteiger partial charge is 0.260 e. The van der Waals surface area contributed by atoms with Crippen LogP contribution >= 0.6 is 0 Å². The summed E-state index contributed by atoms with van der Waals surface area (Å²) in [5.41, 5.74) is 1.08. The van der Waals surface area contributed by atoms with Crippen molar-refractivity contribution in [2.24, 2.45) is 0 Å². The van der Waals surface area contributed by atoms with E-state index in [2.05, 4.69) is 0 Å². The second-order valence-electron chi connectivity index (χ2n) is 6.13. The van der Waals surface area contributed by atoms with Crippen molar-refractivity contribution in [3.05, 3.63) is 29.8 Å². The van der Waals surface area contributed by atoms with E-state index in [0.717, 1.165) is 18.4 Å². The summed E-state index contributed by atoms with van der Waals surface area (Å²) < 4.78 is 31.4. The predicted molar refractivity (Wildman–Crippen MR) is 86.8 cm³/mol. The molecule has 2 aliphatic rings. The first-order valence-electron chi connectivity index (χ1n) is 7.93. The second kappa shape index (κ2) is 6.49. The Bertz CT molecular complexity index is 677. The Hall–Kier alpha value is -1.60. The number of hydrogen-bond acceptors (Lipinski definition) is 4. The standard InChI is InChI=1S/C16H22N2O4S/c1-13-3-2-4-14(11-13)22-12-16(19)17-7-9-18(10-8-17)23(20,21)15-5-6-15/h2-4,11,15H,5-10,12H2,1H3. The molecule has 1 aliphatic heterocycles. The van der Waals surface area contributed by atoms with E-state index in [9.17, 15) is 13.2 Å². The van der Waals surface area contributed by atoms with Gasteiger partial charge in [0, 0.05) is 26.2 Å². The lowest BCUT2D eigenvalue weighted by Crippen LogP contribution is -2.52. The summed E-state index contributed by atoms with van der Waals surface area (Å²) >= 11 is 0. The van der Waals surface area contributed by atoms with Crippen molar-refractivity contribution >= 4 is 15.9 Å². The normalized spacial score (nSPS) is 19.6. The molecule has 1 aliphatic carbocycles. The quantitative estimate of drug-likeness (QED) is 0.804. The molecule has 1 saturated carbocycles. The van der Waals surface area contributed by atoms with Gasteiger partial charge in [0.1, 0.15) is 5.75 Å². The molecule has 1 aromatic carbocycles. The minimum atomic E-state index is -3.13. The molecule has 0 N–H and O–H groups in total. The van der Waals surface area contributed by atoms with Crippen LogP contribution in [0, 0.1) is 6.92 Å². The van der Waals surface area contributed by atoms with E-state index >= 15 is 0 Å². The van der Waals surface area contributed by atoms with Crippen molar-refractivity contribution < 1.29 is 17.9 Å². The molecular formula is C16H22N2O4S. The number of aryl methyl sites for hydroxylation is 1. The fraction of sp³-hybridized carbons (Fsp3) is 0.562. The second-order valence-corrected chi connectivity index (χ2v) is 8.34. The molecule has 0 spiro atoms. The summed E-state index contributed by atoms with van der Waals surface area (Å²) in [4.78, 5) is 13.9. The lowest BCUT2D eigenvalue weighted by atomic mass is 10.2. The third-order valence-electron chi connectivity index (χ3n) is 4.25. The highest BCUT2D eigenvalue weighted by molar-refractivity contribution is 7.90. The molecular weight excluding hydrogens is 316 g/mol. The van der Waals surface area contributed by atoms with Gasteiger partial charge >= 0.3 is 0 Å². The number of benzene rings is 1. The molecule has 0 unspecified atom stereocenters. The van der Waals surface area contributed by atoms with Crippen LogP contribution in [0.3, 0.4) is 0 Å². The molecule has 1 heterocycles. The Balaban J connectivity index is 1.48. The molecule has 2 fully saturated rings. The van der Waals surface area contributed by atoms with Crippen molar-refractivity contribution in [2.75, 3.05) is 32.8 Å². The molecule has 23 heavy (non-hydrogen) atoms. The van der Waals surface area contributed by atoms with Crippen LogP contribution in [0.4, 0.5) is 0 Å². The molecule has 1 saturated heterocycles. The van der Waals surface area contributed by atoms with Crippen LogP contribution in [0.1, 0.15) is 18.4 Å². The monoisotopic (exact) mass is 338 g/mol. The molecule has 0 radical (unpaired) electrons. The third kappa shape index (κ3) is 3.84. The first-order valence-corrected chi connectivity index (χ1v) is 9.43. The van der Waals surface area contributed by atoms with E-state index in [1.807, 2.05) is 31.2 Å². The first-order chi connectivity index (χ1) is 11.0. The van der Waals surface area contributed by atoms with Gasteiger partial charge in [0.25, 0.3) is 5.91 Å². The largest absolute Gasteiger partial charge is 0.484 e. The SMILES string of the molecule is Cc1cccc(OCC(=O)N2CCN(S(=O)(=O)C3CC3)CC2)c1. The number of carbonyl (C=O) groups is 1. The van der Waals surface area contributed by atoms with E-state index in [0.29, 0.717) is 31.9 Å². The molecule has 3 rings (SSSR count). The van der Waals surface area contributed by atoms with E-state index < -0.39 is 10.0 Å². The van der Waals surface area contributed by atoms with Gasteiger partial charge in [-0.15, -0.1) is 0 Å². The summed E-state index contributed by atoms with van der Waals surface area (Å²) in [6.45, 7) is 3.58. The van der Waals surface area contributed by atoms with E-state index in [-0.39, 0.29) is 17.8 Å². The molecule has 0 atom stereocenters. The van der Waals surface area contributed by atoms with Gasteiger partial charge in [-0.1, -0.05) is 12.1 Å². The molecule has 6 nitrogen and oxygen atoms in total. The molecule has 1 amide bonds. The van der Waals surface area contributed by atoms with E-state index in [1.54, 1.807) is 4.90 Å². The average Bonchev–Trinajstić information content (AvgIpc) is 3.38. The third-order valence-corrected chi connectivity index (χ3v) is 6.65. The van der Waals surface area contributed by atoms with Crippen LogP contribution in [0.2, 0.25) is 0 Å². The highest BCUT2D eigenvalue weighted by atomic mass is 32.2. The number of nitrogens with zero attached hydrogens (tertiary/aromatic N) is 2. The predicted octanol–water partition coefficient (Wildman–Crippen LogP) is 1.01. The molecule has 1 aromatic rings. The number of amides is 1. The number of hydrogen-bond donors (Lipinski definition) is 0. The topological polar surface area (TPSA) is 66.9 Å². The van der Waals surface area contributed by atoms with Gasteiger partial charge in [0.05, 0.1) is 5.25 Å². The van der Waals surface area contributed by atoms with Gasteiger partial charge in [0.15, 0.2) is 6.61 Å². The molecule has 0 bridgehead atoms. The molecule has 7 heteroatoms. The van der Waals surface area contributed by atoms with Crippen molar-refractivity contribution in [3.63, 3.8) is 0 Å². The van der Waals surface area contributed by atoms with E-state index in [1.165, 1.54) is 4.31 Å². The number of rotatable bonds is 5.